The van der Waals surface area contributed by atoms with Crippen LogP contribution in [0.25, 0.3) is 28.4 Å². The summed E-state index contributed by atoms with van der Waals surface area (Å²) >= 11 is 0. The SMILES string of the molecule is COc1cc(/C=C/C(=O)O[C@H]2[C@H](O[C@H]3[C@H](Oc4ccc(-c5cc(=O)c6c(O)cc(O[C@@H]7O[C@H](C(=O)O)[C@@H](O)[C@H](O)[C@H]7O)cc6o5)cc4)O[C@H](C(=O)O)[C@@H](O)[C@@H]3O)O[C@H](C(=O)O)[C@@H](O)[C@@H]2O)ccc1O. The molecule has 0 amide bonds. The maximum Gasteiger partial charge on any atom is 0.335 e. The third-order valence-electron chi connectivity index (χ3n) is 11.0. The fourth-order valence-corrected chi connectivity index (χ4v) is 7.42. The molecule has 1 aromatic heterocycles. The van der Waals surface area contributed by atoms with E-state index in [0.29, 0.717) is 5.56 Å². The van der Waals surface area contributed by atoms with E-state index < -0.39 is 127 Å². The second-order valence-electron chi connectivity index (χ2n) is 15.5. The second-order valence-corrected chi connectivity index (χ2v) is 15.5. The number of carbonyl (C=O) groups excluding carboxylic acids is 1. The zero-order valence-corrected chi connectivity index (χ0v) is 35.2. The van der Waals surface area contributed by atoms with E-state index in [0.717, 1.165) is 24.3 Å². The molecule has 3 fully saturated rings. The van der Waals surface area contributed by atoms with Crippen molar-refractivity contribution in [2.24, 2.45) is 0 Å². The maximum absolute atomic E-state index is 13.2. The molecule has 0 bridgehead atoms. The monoisotopic (exact) mass is 974 g/mol. The van der Waals surface area contributed by atoms with Crippen LogP contribution in [0.2, 0.25) is 0 Å². The first-order valence-electron chi connectivity index (χ1n) is 20.2. The number of aliphatic hydroxyl groups excluding tert-OH is 7. The van der Waals surface area contributed by atoms with Gasteiger partial charge in [0.05, 0.1) is 7.11 Å². The minimum atomic E-state index is -2.25. The highest BCUT2D eigenvalue weighted by molar-refractivity contribution is 5.88. The van der Waals surface area contributed by atoms with Crippen molar-refractivity contribution in [1.29, 1.82) is 0 Å². The molecular formula is C43H42O26. The summed E-state index contributed by atoms with van der Waals surface area (Å²) in [6, 6.07) is 12.1. The lowest BCUT2D eigenvalue weighted by atomic mass is 9.96. The van der Waals surface area contributed by atoms with Crippen molar-refractivity contribution in [1.82, 2.24) is 0 Å². The molecule has 0 spiro atoms. The van der Waals surface area contributed by atoms with Crippen molar-refractivity contribution in [2.45, 2.75) is 92.1 Å². The van der Waals surface area contributed by atoms with Gasteiger partial charge < -0.3 is 104 Å². The maximum atomic E-state index is 13.2. The molecule has 370 valence electrons. The standard InChI is InChI=1S/C43H42O26/c1-61-22-10-14(2-8-18(22)44)3-9-24(47)65-36-30(52)28(50)35(40(59)60)68-43(36)69-37-31(53)29(51)34(39(57)58)67-42(37)62-16-6-4-15(5-7-16)21-13-20(46)25-19(45)11-17(12-23(25)64-21)63-41-32(54)26(48)27(49)33(66-41)38(55)56/h2-13,26-37,41-45,48-54H,1H3,(H,55,56)(H,57,58)(H,59,60)/b9-3+/t26-,27-,28-,29-,30-,31-,32+,33-,34-,35-,36+,37+,41+,42+,43-/m0/s1. The first-order chi connectivity index (χ1) is 32.7. The van der Waals surface area contributed by atoms with Gasteiger partial charge in [0.15, 0.2) is 53.7 Å². The zero-order chi connectivity index (χ0) is 50.2. The largest absolute Gasteiger partial charge is 0.507 e. The van der Waals surface area contributed by atoms with Gasteiger partial charge in [-0.2, -0.15) is 0 Å². The average molecular weight is 975 g/mol. The van der Waals surface area contributed by atoms with Crippen LogP contribution in [0.3, 0.4) is 0 Å². The first-order valence-corrected chi connectivity index (χ1v) is 20.2. The van der Waals surface area contributed by atoms with E-state index in [9.17, 15) is 85.3 Å². The minimum absolute atomic E-state index is 0.0513. The molecule has 0 unspecified atom stereocenters. The molecule has 0 aliphatic carbocycles. The highest BCUT2D eigenvalue weighted by atomic mass is 16.8. The highest BCUT2D eigenvalue weighted by Gasteiger charge is 2.55. The predicted octanol–water partition coefficient (Wildman–Crippen LogP) is -2.40. The van der Waals surface area contributed by atoms with Crippen molar-refractivity contribution in [3.63, 3.8) is 0 Å². The molecule has 26 heteroatoms. The number of ether oxygens (including phenoxy) is 8. The summed E-state index contributed by atoms with van der Waals surface area (Å²) < 4.78 is 49.3. The van der Waals surface area contributed by atoms with Crippen LogP contribution < -0.4 is 19.6 Å². The van der Waals surface area contributed by atoms with Gasteiger partial charge in [-0.15, -0.1) is 0 Å². The molecule has 0 saturated carbocycles. The van der Waals surface area contributed by atoms with Gasteiger partial charge in [0.2, 0.25) is 12.6 Å². The van der Waals surface area contributed by atoms with Gasteiger partial charge in [0, 0.05) is 29.8 Å². The van der Waals surface area contributed by atoms with Crippen LogP contribution in [0.15, 0.2) is 76.0 Å². The molecule has 0 radical (unpaired) electrons. The van der Waals surface area contributed by atoms with Gasteiger partial charge in [-0.3, -0.25) is 4.79 Å². The van der Waals surface area contributed by atoms with Crippen LogP contribution in [0.5, 0.6) is 28.7 Å². The third-order valence-corrected chi connectivity index (χ3v) is 11.0. The molecule has 69 heavy (non-hydrogen) atoms. The number of phenolic OH excluding ortho intramolecular Hbond substituents is 2. The third kappa shape index (κ3) is 10.4. The number of carboxylic acids is 3. The Kier molecular flexibility index (Phi) is 14.7. The van der Waals surface area contributed by atoms with Crippen molar-refractivity contribution in [2.75, 3.05) is 7.11 Å². The molecule has 7 rings (SSSR count). The summed E-state index contributed by atoms with van der Waals surface area (Å²) in [7, 11) is 1.28. The number of rotatable bonds is 14. The minimum Gasteiger partial charge on any atom is -0.507 e. The molecule has 12 N–H and O–H groups in total. The average Bonchev–Trinajstić information content (AvgIpc) is 3.30. The van der Waals surface area contributed by atoms with Crippen LogP contribution in [-0.2, 0) is 42.9 Å². The Morgan fingerprint density at radius 3 is 1.77 bits per heavy atom. The number of hydrogen-bond acceptors (Lipinski definition) is 23. The summed E-state index contributed by atoms with van der Waals surface area (Å²) in [5.74, 6) is -8.00. The molecular weight excluding hydrogens is 932 g/mol. The summed E-state index contributed by atoms with van der Waals surface area (Å²) in [5.41, 5.74) is -0.606. The molecule has 3 aliphatic rings. The Hall–Kier alpha value is -6.95. The van der Waals surface area contributed by atoms with Gasteiger partial charge in [0.25, 0.3) is 0 Å². The van der Waals surface area contributed by atoms with E-state index in [4.69, 9.17) is 42.3 Å². The lowest BCUT2D eigenvalue weighted by Crippen LogP contribution is -2.66. The smallest absolute Gasteiger partial charge is 0.335 e. The predicted molar refractivity (Wildman–Crippen MR) is 220 cm³/mol. The van der Waals surface area contributed by atoms with Crippen LogP contribution in [0.4, 0.5) is 0 Å². The molecule has 3 aliphatic heterocycles. The van der Waals surface area contributed by atoms with E-state index in [1.807, 2.05) is 0 Å². The van der Waals surface area contributed by atoms with Gasteiger partial charge >= 0.3 is 23.9 Å². The molecule has 3 aromatic carbocycles. The Balaban J connectivity index is 1.13. The number of methoxy groups -OCH3 is 1. The first kappa shape index (κ1) is 49.9. The highest BCUT2D eigenvalue weighted by Crippen LogP contribution is 2.36. The van der Waals surface area contributed by atoms with Gasteiger partial charge in [-0.1, -0.05) is 6.07 Å². The van der Waals surface area contributed by atoms with Crippen LogP contribution in [-0.4, -0.2) is 184 Å². The van der Waals surface area contributed by atoms with Crippen molar-refractivity contribution in [3.8, 4) is 40.1 Å². The number of hydrogen-bond donors (Lipinski definition) is 12. The van der Waals surface area contributed by atoms with Crippen LogP contribution in [0, 0.1) is 0 Å². The number of phenols is 2. The van der Waals surface area contributed by atoms with E-state index >= 15 is 0 Å². The normalized spacial score (nSPS) is 31.4. The Labute approximate surface area is 385 Å². The molecule has 3 saturated heterocycles. The van der Waals surface area contributed by atoms with Crippen LogP contribution >= 0.6 is 0 Å². The van der Waals surface area contributed by atoms with Crippen molar-refractivity contribution < 1.29 is 123 Å². The summed E-state index contributed by atoms with van der Waals surface area (Å²) in [5, 5.41) is 123. The quantitative estimate of drug-likeness (QED) is 0.0463. The van der Waals surface area contributed by atoms with Gasteiger partial charge in [0.1, 0.15) is 76.7 Å². The number of esters is 1. The summed E-state index contributed by atoms with van der Waals surface area (Å²) in [6.07, 6.45) is -29.6. The summed E-state index contributed by atoms with van der Waals surface area (Å²) in [6.45, 7) is 0. The zero-order valence-electron chi connectivity index (χ0n) is 35.2. The second kappa shape index (κ2) is 20.3. The number of aliphatic carboxylic acids is 3. The van der Waals surface area contributed by atoms with Gasteiger partial charge in [-0.25, -0.2) is 19.2 Å². The van der Waals surface area contributed by atoms with Crippen LogP contribution in [0.1, 0.15) is 5.56 Å². The van der Waals surface area contributed by atoms with Crippen molar-refractivity contribution in [3.05, 3.63) is 82.5 Å². The van der Waals surface area contributed by atoms with Crippen molar-refractivity contribution >= 4 is 40.9 Å². The Bertz CT molecular complexity index is 2650. The number of carboxylic acid groups (broad SMARTS) is 3. The molecule has 26 nitrogen and oxygen atoms in total. The topological polar surface area (TPSA) is 415 Å². The number of carbonyl (C=O) groups is 4. The number of aliphatic hydroxyl groups is 7. The van der Waals surface area contributed by atoms with E-state index in [1.165, 1.54) is 55.7 Å². The number of benzene rings is 3. The molecule has 4 heterocycles. The fourth-order valence-electron chi connectivity index (χ4n) is 7.42. The van der Waals surface area contributed by atoms with E-state index in [2.05, 4.69) is 0 Å². The molecule has 15 atom stereocenters. The molecule has 4 aromatic rings. The lowest BCUT2D eigenvalue weighted by Gasteiger charge is -2.45. The fraction of sp³-hybridized carbons (Fsp3) is 0.372. The summed E-state index contributed by atoms with van der Waals surface area (Å²) in [4.78, 5) is 61.9. The van der Waals surface area contributed by atoms with Gasteiger partial charge in [-0.05, 0) is 48.0 Å². The Morgan fingerprint density at radius 2 is 1.16 bits per heavy atom. The Morgan fingerprint density at radius 1 is 0.594 bits per heavy atom. The lowest BCUT2D eigenvalue weighted by molar-refractivity contribution is -0.350. The number of aromatic hydroxyl groups is 2. The van der Waals surface area contributed by atoms with E-state index in [1.54, 1.807) is 0 Å². The van der Waals surface area contributed by atoms with E-state index in [-0.39, 0.29) is 45.3 Å². The number of fused-ring (bicyclic) bond motifs is 1.